The normalized spacial score (nSPS) is 14.2. The number of halogens is 2. The predicted octanol–water partition coefficient (Wildman–Crippen LogP) is 6.13. The first-order chi connectivity index (χ1) is 17.8. The van der Waals surface area contributed by atoms with E-state index in [1.807, 2.05) is 61.0 Å². The fourth-order valence-electron chi connectivity index (χ4n) is 4.69. The molecule has 1 aromatic heterocycles. The van der Waals surface area contributed by atoms with Gasteiger partial charge in [-0.1, -0.05) is 30.3 Å². The molecule has 0 aliphatic carbocycles. The van der Waals surface area contributed by atoms with Gasteiger partial charge in [0.2, 0.25) is 5.91 Å². The summed E-state index contributed by atoms with van der Waals surface area (Å²) in [7, 11) is 0. The number of para-hydroxylation sites is 2. The minimum absolute atomic E-state index is 0.217. The highest BCUT2D eigenvalue weighted by molar-refractivity contribution is 6.01. The molecule has 0 saturated carbocycles. The van der Waals surface area contributed by atoms with Crippen molar-refractivity contribution >= 4 is 23.3 Å². The highest BCUT2D eigenvalue weighted by Crippen LogP contribution is 2.42. The van der Waals surface area contributed by atoms with E-state index >= 15 is 0 Å². The van der Waals surface area contributed by atoms with Crippen LogP contribution in [0.4, 0.5) is 25.0 Å². The van der Waals surface area contributed by atoms with Crippen molar-refractivity contribution in [3.05, 3.63) is 114 Å². The van der Waals surface area contributed by atoms with E-state index in [0.29, 0.717) is 11.4 Å². The first kappa shape index (κ1) is 24.2. The van der Waals surface area contributed by atoms with Crippen LogP contribution in [0.25, 0.3) is 5.69 Å². The van der Waals surface area contributed by atoms with Crippen LogP contribution in [-0.2, 0) is 4.79 Å². The van der Waals surface area contributed by atoms with Crippen LogP contribution in [0, 0.1) is 11.6 Å². The van der Waals surface area contributed by atoms with Gasteiger partial charge in [-0.2, -0.15) is 0 Å². The molecule has 4 aromatic rings. The number of hydrogen-bond donors (Lipinski definition) is 1. The fourth-order valence-corrected chi connectivity index (χ4v) is 4.69. The summed E-state index contributed by atoms with van der Waals surface area (Å²) in [6, 6.07) is 21.7. The molecule has 1 unspecified atom stereocenters. The molecule has 188 valence electrons. The molecule has 3 amide bonds. The monoisotopic (exact) mass is 500 g/mol. The van der Waals surface area contributed by atoms with Crippen molar-refractivity contribution < 1.29 is 18.4 Å². The van der Waals surface area contributed by atoms with E-state index < -0.39 is 17.9 Å². The largest absolute Gasteiger partial charge is 0.322 e. The summed E-state index contributed by atoms with van der Waals surface area (Å²) in [5.41, 5.74) is 3.39. The van der Waals surface area contributed by atoms with E-state index in [1.165, 1.54) is 35.2 Å². The number of carbonyl (C=O) groups excluding carboxylic acids is 2. The third kappa shape index (κ3) is 4.70. The van der Waals surface area contributed by atoms with Crippen LogP contribution >= 0.6 is 0 Å². The van der Waals surface area contributed by atoms with Crippen LogP contribution < -0.4 is 10.2 Å². The van der Waals surface area contributed by atoms with Gasteiger partial charge in [-0.3, -0.25) is 9.69 Å². The van der Waals surface area contributed by atoms with Gasteiger partial charge in [-0.25, -0.2) is 13.6 Å². The minimum Gasteiger partial charge on any atom is -0.316 e. The summed E-state index contributed by atoms with van der Waals surface area (Å²) in [5.74, 6) is -1.15. The van der Waals surface area contributed by atoms with Gasteiger partial charge < -0.3 is 14.8 Å². The first-order valence-electron chi connectivity index (χ1n) is 12.0. The Morgan fingerprint density at radius 2 is 1.62 bits per heavy atom. The van der Waals surface area contributed by atoms with Crippen molar-refractivity contribution in [2.45, 2.75) is 25.9 Å². The van der Waals surface area contributed by atoms with Gasteiger partial charge in [0.1, 0.15) is 24.2 Å². The van der Waals surface area contributed by atoms with Crippen molar-refractivity contribution in [2.75, 3.05) is 16.8 Å². The molecule has 37 heavy (non-hydrogen) atoms. The summed E-state index contributed by atoms with van der Waals surface area (Å²) < 4.78 is 29.4. The lowest BCUT2D eigenvalue weighted by Gasteiger charge is -2.40. The number of fused-ring (bicyclic) bond motifs is 3. The van der Waals surface area contributed by atoms with Crippen LogP contribution in [0.5, 0.6) is 0 Å². The molecule has 1 N–H and O–H groups in total. The van der Waals surface area contributed by atoms with Crippen molar-refractivity contribution in [3.63, 3.8) is 0 Å². The molecule has 1 aliphatic heterocycles. The molecule has 8 heteroatoms. The highest BCUT2D eigenvalue weighted by atomic mass is 19.1. The lowest BCUT2D eigenvalue weighted by Crippen LogP contribution is -2.49. The molecule has 5 rings (SSSR count). The lowest BCUT2D eigenvalue weighted by molar-refractivity contribution is -0.119. The SMILES string of the molecule is CC(C)N(CC(=O)N1c2ccccc2-n2cccc2C1c1ccc(F)cc1)C(=O)Nc1cccc(F)c1. The van der Waals surface area contributed by atoms with E-state index in [-0.39, 0.29) is 24.3 Å². The first-order valence-corrected chi connectivity index (χ1v) is 12.0. The van der Waals surface area contributed by atoms with Gasteiger partial charge in [0.25, 0.3) is 0 Å². The van der Waals surface area contributed by atoms with Gasteiger partial charge >= 0.3 is 6.03 Å². The molecule has 6 nitrogen and oxygen atoms in total. The number of nitrogens with zero attached hydrogens (tertiary/aromatic N) is 3. The third-order valence-electron chi connectivity index (χ3n) is 6.44. The number of nitrogens with one attached hydrogen (secondary N) is 1. The van der Waals surface area contributed by atoms with E-state index in [4.69, 9.17) is 0 Å². The Morgan fingerprint density at radius 1 is 0.892 bits per heavy atom. The number of aromatic nitrogens is 1. The highest BCUT2D eigenvalue weighted by Gasteiger charge is 2.37. The quantitative estimate of drug-likeness (QED) is 0.358. The Hall–Kier alpha value is -4.46. The molecular weight excluding hydrogens is 474 g/mol. The Kier molecular flexibility index (Phi) is 6.48. The summed E-state index contributed by atoms with van der Waals surface area (Å²) in [4.78, 5) is 30.3. The maximum Gasteiger partial charge on any atom is 0.322 e. The van der Waals surface area contributed by atoms with E-state index in [2.05, 4.69) is 5.32 Å². The Labute approximate surface area is 213 Å². The van der Waals surface area contributed by atoms with Crippen LogP contribution in [0.15, 0.2) is 91.1 Å². The Balaban J connectivity index is 1.51. The number of amides is 3. The number of rotatable bonds is 5. The lowest BCUT2D eigenvalue weighted by atomic mass is 9.97. The second kappa shape index (κ2) is 9.89. The Bertz CT molecular complexity index is 1450. The van der Waals surface area contributed by atoms with Gasteiger partial charge in [-0.15, -0.1) is 0 Å². The average molecular weight is 501 g/mol. The molecule has 0 saturated heterocycles. The van der Waals surface area contributed by atoms with Crippen molar-refractivity contribution in [1.82, 2.24) is 9.47 Å². The zero-order chi connectivity index (χ0) is 26.1. The van der Waals surface area contributed by atoms with Crippen molar-refractivity contribution in [1.29, 1.82) is 0 Å². The van der Waals surface area contributed by atoms with Crippen molar-refractivity contribution in [2.24, 2.45) is 0 Å². The van der Waals surface area contributed by atoms with Gasteiger partial charge in [0, 0.05) is 17.9 Å². The fraction of sp³-hybridized carbons (Fsp3) is 0.172. The maximum absolute atomic E-state index is 14.0. The van der Waals surface area contributed by atoms with Crippen LogP contribution in [0.3, 0.4) is 0 Å². The zero-order valence-corrected chi connectivity index (χ0v) is 20.4. The summed E-state index contributed by atoms with van der Waals surface area (Å²) in [5, 5.41) is 2.68. The van der Waals surface area contributed by atoms with Gasteiger partial charge in [-0.05, 0) is 74.0 Å². The number of benzene rings is 3. The third-order valence-corrected chi connectivity index (χ3v) is 6.44. The zero-order valence-electron chi connectivity index (χ0n) is 20.4. The smallest absolute Gasteiger partial charge is 0.316 e. The van der Waals surface area contributed by atoms with Crippen LogP contribution in [-0.4, -0.2) is 34.0 Å². The molecule has 1 atom stereocenters. The molecule has 0 spiro atoms. The molecule has 0 radical (unpaired) electrons. The van der Waals surface area contributed by atoms with Crippen molar-refractivity contribution in [3.8, 4) is 5.69 Å². The number of hydrogen-bond acceptors (Lipinski definition) is 2. The molecular formula is C29H26F2N4O2. The molecule has 0 bridgehead atoms. The number of carbonyl (C=O) groups is 2. The van der Waals surface area contributed by atoms with E-state index in [0.717, 1.165) is 16.9 Å². The second-order valence-electron chi connectivity index (χ2n) is 9.17. The standard InChI is InChI=1S/C29H26F2N4O2/c1-19(2)34(29(37)32-23-8-5-7-22(31)17-23)18-27(36)35-25-10-4-3-9-24(25)33-16-6-11-26(33)28(35)20-12-14-21(30)15-13-20/h3-17,19,28H,18H2,1-2H3,(H,32,37). The van der Waals surface area contributed by atoms with E-state index in [1.54, 1.807) is 23.1 Å². The number of anilines is 2. The second-order valence-corrected chi connectivity index (χ2v) is 9.17. The molecule has 1 aliphatic rings. The topological polar surface area (TPSA) is 57.6 Å². The summed E-state index contributed by atoms with van der Waals surface area (Å²) in [6.45, 7) is 3.40. The molecule has 3 aromatic carbocycles. The predicted molar refractivity (Wildman–Crippen MR) is 139 cm³/mol. The van der Waals surface area contributed by atoms with Crippen LogP contribution in [0.1, 0.15) is 31.1 Å². The van der Waals surface area contributed by atoms with Crippen LogP contribution in [0.2, 0.25) is 0 Å². The van der Waals surface area contributed by atoms with Gasteiger partial charge in [0.15, 0.2) is 0 Å². The van der Waals surface area contributed by atoms with Gasteiger partial charge in [0.05, 0.1) is 17.1 Å². The summed E-state index contributed by atoms with van der Waals surface area (Å²) >= 11 is 0. The summed E-state index contributed by atoms with van der Waals surface area (Å²) in [6.07, 6.45) is 1.93. The molecule has 2 heterocycles. The molecule has 0 fully saturated rings. The Morgan fingerprint density at radius 3 is 2.32 bits per heavy atom. The number of urea groups is 1. The maximum atomic E-state index is 14.0. The minimum atomic E-state index is -0.529. The average Bonchev–Trinajstić information content (AvgIpc) is 3.37. The van der Waals surface area contributed by atoms with E-state index in [9.17, 15) is 18.4 Å².